The van der Waals surface area contributed by atoms with E-state index < -0.39 is 0 Å². The minimum absolute atomic E-state index is 0.0718. The zero-order chi connectivity index (χ0) is 13.0. The lowest BCUT2D eigenvalue weighted by Crippen LogP contribution is -2.43. The van der Waals surface area contributed by atoms with Crippen molar-refractivity contribution in [3.8, 4) is 0 Å². The third-order valence-electron chi connectivity index (χ3n) is 2.95. The van der Waals surface area contributed by atoms with Gasteiger partial charge in [-0.1, -0.05) is 13.8 Å². The number of nitrogens with one attached hydrogen (secondary N) is 1. The van der Waals surface area contributed by atoms with Crippen LogP contribution in [0.3, 0.4) is 0 Å². The molecule has 0 unspecified atom stereocenters. The van der Waals surface area contributed by atoms with Crippen molar-refractivity contribution in [1.29, 1.82) is 0 Å². The van der Waals surface area contributed by atoms with Crippen LogP contribution in [0.1, 0.15) is 24.3 Å². The second-order valence-electron chi connectivity index (χ2n) is 4.87. The van der Waals surface area contributed by atoms with Gasteiger partial charge in [0.15, 0.2) is 0 Å². The Balaban J connectivity index is 2.56. The Morgan fingerprint density at radius 3 is 2.59 bits per heavy atom. The number of nitrogens with zero attached hydrogens (tertiary/aromatic N) is 3. The highest BCUT2D eigenvalue weighted by molar-refractivity contribution is 5.92. The Morgan fingerprint density at radius 1 is 1.53 bits per heavy atom. The highest BCUT2D eigenvalue weighted by Crippen LogP contribution is 2.06. The molecule has 0 spiro atoms. The van der Waals surface area contributed by atoms with Gasteiger partial charge in [0.25, 0.3) is 5.91 Å². The molecule has 1 aromatic heterocycles. The predicted molar refractivity (Wildman–Crippen MR) is 67.9 cm³/mol. The number of hydrogen-bond donors (Lipinski definition) is 1. The first-order valence-electron chi connectivity index (χ1n) is 5.84. The average molecular weight is 238 g/mol. The smallest absolute Gasteiger partial charge is 0.269 e. The topological polar surface area (TPSA) is 50.2 Å². The number of rotatable bonds is 5. The van der Waals surface area contributed by atoms with Crippen LogP contribution in [0.2, 0.25) is 0 Å². The number of carbonyl (C=O) groups is 1. The Bertz CT molecular complexity index is 362. The molecular weight excluding hydrogens is 216 g/mol. The number of likely N-dealkylation sites (N-methyl/N-ethyl adjacent to an activating group) is 1. The van der Waals surface area contributed by atoms with Gasteiger partial charge in [-0.2, -0.15) is 0 Å². The van der Waals surface area contributed by atoms with Crippen LogP contribution in [0.15, 0.2) is 12.5 Å². The predicted octanol–water partition coefficient (Wildman–Crippen LogP) is 0.736. The van der Waals surface area contributed by atoms with Gasteiger partial charge in [-0.15, -0.1) is 0 Å². The highest BCUT2D eigenvalue weighted by atomic mass is 16.1. The molecule has 17 heavy (non-hydrogen) atoms. The summed E-state index contributed by atoms with van der Waals surface area (Å²) in [5.41, 5.74) is 0.589. The van der Waals surface area contributed by atoms with Crippen molar-refractivity contribution in [3.63, 3.8) is 0 Å². The molecule has 0 aliphatic rings. The Kier molecular flexibility index (Phi) is 4.69. The fourth-order valence-corrected chi connectivity index (χ4v) is 1.88. The Morgan fingerprint density at radius 2 is 2.18 bits per heavy atom. The van der Waals surface area contributed by atoms with Crippen LogP contribution in [0.5, 0.6) is 0 Å². The van der Waals surface area contributed by atoms with Crippen LogP contribution in [0.4, 0.5) is 0 Å². The number of amides is 1. The van der Waals surface area contributed by atoms with Crippen molar-refractivity contribution >= 4 is 5.91 Å². The van der Waals surface area contributed by atoms with Gasteiger partial charge in [-0.25, -0.2) is 4.98 Å². The molecule has 96 valence electrons. The molecule has 0 saturated heterocycles. The number of hydrogen-bond acceptors (Lipinski definition) is 3. The quantitative estimate of drug-likeness (QED) is 0.823. The molecule has 0 radical (unpaired) electrons. The second-order valence-corrected chi connectivity index (χ2v) is 4.87. The number of carbonyl (C=O) groups excluding carboxylic acids is 1. The largest absolute Gasteiger partial charge is 0.349 e. The molecule has 0 aliphatic heterocycles. The first kappa shape index (κ1) is 13.7. The molecule has 1 N–H and O–H groups in total. The summed E-state index contributed by atoms with van der Waals surface area (Å²) in [7, 11) is 5.87. The maximum atomic E-state index is 11.9. The van der Waals surface area contributed by atoms with Gasteiger partial charge in [0.1, 0.15) is 5.69 Å². The molecule has 0 saturated carbocycles. The summed E-state index contributed by atoms with van der Waals surface area (Å²) >= 11 is 0. The van der Waals surface area contributed by atoms with Crippen molar-refractivity contribution < 1.29 is 4.79 Å². The summed E-state index contributed by atoms with van der Waals surface area (Å²) in [6.07, 6.45) is 3.20. The van der Waals surface area contributed by atoms with Gasteiger partial charge in [0, 0.05) is 19.6 Å². The van der Waals surface area contributed by atoms with E-state index in [0.717, 1.165) is 0 Å². The van der Waals surface area contributed by atoms with Crippen LogP contribution in [0.25, 0.3) is 0 Å². The number of aryl methyl sites for hydroxylation is 1. The van der Waals surface area contributed by atoms with Crippen molar-refractivity contribution in [2.45, 2.75) is 19.9 Å². The summed E-state index contributed by atoms with van der Waals surface area (Å²) < 4.78 is 1.72. The minimum Gasteiger partial charge on any atom is -0.349 e. The maximum absolute atomic E-state index is 11.9. The Hall–Kier alpha value is -1.36. The summed E-state index contributed by atoms with van der Waals surface area (Å²) in [5.74, 6) is 0.425. The standard InChI is InChI=1S/C12H22N4O/c1-9(2)10(15(3)4)7-14-12(17)11-6-13-8-16(11)5/h6,8-10H,7H2,1-5H3,(H,14,17)/t10-/m0/s1. The SMILES string of the molecule is CC(C)[C@H](CNC(=O)c1cncn1C)N(C)C. The molecule has 1 aromatic rings. The summed E-state index contributed by atoms with van der Waals surface area (Å²) in [5, 5.41) is 2.95. The van der Waals surface area contributed by atoms with Crippen LogP contribution in [0, 0.1) is 5.92 Å². The molecular formula is C12H22N4O. The molecule has 0 aliphatic carbocycles. The first-order chi connectivity index (χ1) is 7.93. The van der Waals surface area contributed by atoms with E-state index in [1.807, 2.05) is 21.1 Å². The molecule has 0 fully saturated rings. The van der Waals surface area contributed by atoms with E-state index in [-0.39, 0.29) is 5.91 Å². The van der Waals surface area contributed by atoms with E-state index in [1.165, 1.54) is 0 Å². The summed E-state index contributed by atoms with van der Waals surface area (Å²) in [6, 6.07) is 0.340. The van der Waals surface area contributed by atoms with Crippen molar-refractivity contribution in [2.75, 3.05) is 20.6 Å². The maximum Gasteiger partial charge on any atom is 0.269 e. The number of aromatic nitrogens is 2. The fourth-order valence-electron chi connectivity index (χ4n) is 1.88. The van der Waals surface area contributed by atoms with E-state index in [1.54, 1.807) is 17.1 Å². The molecule has 1 rings (SSSR count). The molecule has 0 aromatic carbocycles. The molecule has 5 heteroatoms. The Labute approximate surface area is 103 Å². The monoisotopic (exact) mass is 238 g/mol. The highest BCUT2D eigenvalue weighted by Gasteiger charge is 2.17. The third kappa shape index (κ3) is 3.56. The fraction of sp³-hybridized carbons (Fsp3) is 0.667. The van der Waals surface area contributed by atoms with Gasteiger partial charge in [-0.3, -0.25) is 4.79 Å². The third-order valence-corrected chi connectivity index (χ3v) is 2.95. The summed E-state index contributed by atoms with van der Waals surface area (Å²) in [6.45, 7) is 4.95. The van der Waals surface area contributed by atoms with Crippen molar-refractivity contribution in [2.24, 2.45) is 13.0 Å². The normalized spacial score (nSPS) is 13.1. The average Bonchev–Trinajstić information content (AvgIpc) is 2.63. The van der Waals surface area contributed by atoms with Crippen LogP contribution >= 0.6 is 0 Å². The second kappa shape index (κ2) is 5.82. The van der Waals surface area contributed by atoms with Gasteiger partial charge in [0.05, 0.1) is 12.5 Å². The zero-order valence-electron chi connectivity index (χ0n) is 11.3. The lowest BCUT2D eigenvalue weighted by atomic mass is 10.0. The minimum atomic E-state index is -0.0718. The molecule has 1 atom stereocenters. The lowest BCUT2D eigenvalue weighted by molar-refractivity contribution is 0.0926. The molecule has 0 bridgehead atoms. The lowest BCUT2D eigenvalue weighted by Gasteiger charge is -2.28. The van der Waals surface area contributed by atoms with Crippen LogP contribution in [-0.4, -0.2) is 47.0 Å². The van der Waals surface area contributed by atoms with E-state index in [9.17, 15) is 4.79 Å². The van der Waals surface area contributed by atoms with E-state index in [2.05, 4.69) is 29.0 Å². The molecule has 1 amide bonds. The van der Waals surface area contributed by atoms with E-state index >= 15 is 0 Å². The van der Waals surface area contributed by atoms with E-state index in [4.69, 9.17) is 0 Å². The van der Waals surface area contributed by atoms with Gasteiger partial charge >= 0.3 is 0 Å². The van der Waals surface area contributed by atoms with Crippen molar-refractivity contribution in [1.82, 2.24) is 19.8 Å². The summed E-state index contributed by atoms with van der Waals surface area (Å²) in [4.78, 5) is 18.0. The van der Waals surface area contributed by atoms with Gasteiger partial charge in [-0.05, 0) is 20.0 Å². The van der Waals surface area contributed by atoms with Gasteiger partial charge < -0.3 is 14.8 Å². The van der Waals surface area contributed by atoms with Gasteiger partial charge in [0.2, 0.25) is 0 Å². The zero-order valence-corrected chi connectivity index (χ0v) is 11.3. The van der Waals surface area contributed by atoms with Crippen LogP contribution < -0.4 is 5.32 Å². The number of imidazole rings is 1. The molecule has 5 nitrogen and oxygen atoms in total. The van der Waals surface area contributed by atoms with Crippen LogP contribution in [-0.2, 0) is 7.05 Å². The first-order valence-corrected chi connectivity index (χ1v) is 5.84. The van der Waals surface area contributed by atoms with E-state index in [0.29, 0.717) is 24.2 Å². The molecule has 1 heterocycles. The van der Waals surface area contributed by atoms with Crippen molar-refractivity contribution in [3.05, 3.63) is 18.2 Å².